The Morgan fingerprint density at radius 2 is 2.06 bits per heavy atom. The summed E-state index contributed by atoms with van der Waals surface area (Å²) in [5.74, 6) is 0.844. The largest absolute Gasteiger partial charge is 0.393 e. The third kappa shape index (κ3) is 5.32. The van der Waals surface area contributed by atoms with Gasteiger partial charge in [0.1, 0.15) is 0 Å². The van der Waals surface area contributed by atoms with Crippen molar-refractivity contribution in [1.29, 1.82) is 0 Å². The summed E-state index contributed by atoms with van der Waals surface area (Å²) in [6.45, 7) is 5.89. The van der Waals surface area contributed by atoms with Gasteiger partial charge in [-0.15, -0.1) is 0 Å². The van der Waals surface area contributed by atoms with Gasteiger partial charge in [0.05, 0.1) is 4.99 Å². The fourth-order valence-corrected chi connectivity index (χ4v) is 2.84. The van der Waals surface area contributed by atoms with Gasteiger partial charge in [0.2, 0.25) is 0 Å². The van der Waals surface area contributed by atoms with Crippen molar-refractivity contribution in [1.82, 2.24) is 9.80 Å². The highest BCUT2D eigenvalue weighted by Crippen LogP contribution is 2.19. The van der Waals surface area contributed by atoms with Gasteiger partial charge in [-0.2, -0.15) is 0 Å². The summed E-state index contributed by atoms with van der Waals surface area (Å²) >= 11 is 5.02. The van der Waals surface area contributed by atoms with Gasteiger partial charge in [0, 0.05) is 19.0 Å². The second-order valence-corrected chi connectivity index (χ2v) is 5.94. The molecule has 1 fully saturated rings. The molecule has 1 aliphatic heterocycles. The summed E-state index contributed by atoms with van der Waals surface area (Å²) in [5, 5.41) is 0. The zero-order valence-corrected chi connectivity index (χ0v) is 12.3. The minimum absolute atomic E-state index is 0.521. The van der Waals surface area contributed by atoms with Crippen molar-refractivity contribution in [3.8, 4) is 0 Å². The van der Waals surface area contributed by atoms with Crippen molar-refractivity contribution in [2.75, 3.05) is 33.7 Å². The van der Waals surface area contributed by atoms with Crippen molar-refractivity contribution in [3.05, 3.63) is 0 Å². The van der Waals surface area contributed by atoms with Crippen LogP contribution in [0.3, 0.4) is 0 Å². The molecule has 0 aromatic carbocycles. The van der Waals surface area contributed by atoms with Crippen LogP contribution < -0.4 is 5.73 Å². The SMILES string of the molecule is CCC(CC(N)=S)N(C)CC1CCN(C)CC1. The van der Waals surface area contributed by atoms with E-state index >= 15 is 0 Å². The highest BCUT2D eigenvalue weighted by Gasteiger charge is 2.21. The van der Waals surface area contributed by atoms with E-state index < -0.39 is 0 Å². The lowest BCUT2D eigenvalue weighted by Gasteiger charge is -2.34. The second-order valence-electron chi connectivity index (χ2n) is 5.42. The van der Waals surface area contributed by atoms with Crippen molar-refractivity contribution in [3.63, 3.8) is 0 Å². The molecule has 17 heavy (non-hydrogen) atoms. The standard InChI is InChI=1S/C13H27N3S/c1-4-12(9-13(14)17)16(3)10-11-5-7-15(2)8-6-11/h11-12H,4-10H2,1-3H3,(H2,14,17). The molecule has 1 aliphatic rings. The maximum atomic E-state index is 5.66. The van der Waals surface area contributed by atoms with E-state index in [4.69, 9.17) is 18.0 Å². The van der Waals surface area contributed by atoms with E-state index in [0.29, 0.717) is 11.0 Å². The Bertz CT molecular complexity index is 237. The molecule has 1 atom stereocenters. The molecule has 3 nitrogen and oxygen atoms in total. The van der Waals surface area contributed by atoms with Gasteiger partial charge in [-0.1, -0.05) is 19.1 Å². The molecule has 0 amide bonds. The Morgan fingerprint density at radius 3 is 2.53 bits per heavy atom. The first-order valence-corrected chi connectivity index (χ1v) is 7.10. The van der Waals surface area contributed by atoms with Crippen LogP contribution >= 0.6 is 12.2 Å². The third-order valence-corrected chi connectivity index (χ3v) is 4.08. The summed E-state index contributed by atoms with van der Waals surface area (Å²) in [6, 6.07) is 0.521. The second kappa shape index (κ2) is 7.29. The fraction of sp³-hybridized carbons (Fsp3) is 0.923. The van der Waals surface area contributed by atoms with Gasteiger partial charge in [-0.25, -0.2) is 0 Å². The van der Waals surface area contributed by atoms with Gasteiger partial charge >= 0.3 is 0 Å². The number of thiocarbonyl (C=S) groups is 1. The van der Waals surface area contributed by atoms with Crippen LogP contribution in [0.15, 0.2) is 0 Å². The van der Waals surface area contributed by atoms with Crippen LogP contribution in [0.25, 0.3) is 0 Å². The molecule has 0 radical (unpaired) electrons. The van der Waals surface area contributed by atoms with Crippen LogP contribution in [0.5, 0.6) is 0 Å². The highest BCUT2D eigenvalue weighted by atomic mass is 32.1. The molecular weight excluding hydrogens is 230 g/mol. The first-order chi connectivity index (χ1) is 8.02. The predicted molar refractivity (Wildman–Crippen MR) is 78.3 cm³/mol. The van der Waals surface area contributed by atoms with Crippen LogP contribution in [-0.4, -0.2) is 54.6 Å². The average molecular weight is 257 g/mol. The van der Waals surface area contributed by atoms with E-state index in [1.165, 1.54) is 32.5 Å². The maximum Gasteiger partial charge on any atom is 0.0743 e. The van der Waals surface area contributed by atoms with Gasteiger partial charge in [0.25, 0.3) is 0 Å². The van der Waals surface area contributed by atoms with Gasteiger partial charge in [-0.3, -0.25) is 0 Å². The number of nitrogens with two attached hydrogens (primary N) is 1. The zero-order chi connectivity index (χ0) is 12.8. The molecule has 0 aromatic heterocycles. The van der Waals surface area contributed by atoms with Crippen molar-refractivity contribution < 1.29 is 0 Å². The summed E-state index contributed by atoms with van der Waals surface area (Å²) in [6.07, 6.45) is 4.63. The van der Waals surface area contributed by atoms with Crippen LogP contribution in [0, 0.1) is 5.92 Å². The number of nitrogens with zero attached hydrogens (tertiary/aromatic N) is 2. The molecule has 0 aromatic rings. The normalized spacial score (nSPS) is 20.7. The summed E-state index contributed by atoms with van der Waals surface area (Å²) in [4.78, 5) is 5.52. The highest BCUT2D eigenvalue weighted by molar-refractivity contribution is 7.80. The smallest absolute Gasteiger partial charge is 0.0743 e. The van der Waals surface area contributed by atoms with Gasteiger partial charge in [-0.05, 0) is 52.4 Å². The first-order valence-electron chi connectivity index (χ1n) is 6.70. The monoisotopic (exact) mass is 257 g/mol. The molecule has 0 saturated carbocycles. The van der Waals surface area contributed by atoms with Gasteiger partial charge in [0.15, 0.2) is 0 Å². The number of hydrogen-bond acceptors (Lipinski definition) is 3. The molecule has 1 rings (SSSR count). The number of piperidine rings is 1. The fourth-order valence-electron chi connectivity index (χ4n) is 2.65. The summed E-state index contributed by atoms with van der Waals surface area (Å²) in [7, 11) is 4.42. The summed E-state index contributed by atoms with van der Waals surface area (Å²) < 4.78 is 0. The Kier molecular flexibility index (Phi) is 6.38. The quantitative estimate of drug-likeness (QED) is 0.734. The topological polar surface area (TPSA) is 32.5 Å². The van der Waals surface area contributed by atoms with E-state index in [2.05, 4.69) is 30.8 Å². The molecule has 0 bridgehead atoms. The van der Waals surface area contributed by atoms with E-state index in [9.17, 15) is 0 Å². The molecule has 0 aliphatic carbocycles. The zero-order valence-electron chi connectivity index (χ0n) is 11.5. The molecule has 0 spiro atoms. The van der Waals surface area contributed by atoms with Crippen LogP contribution in [-0.2, 0) is 0 Å². The lowest BCUT2D eigenvalue weighted by Crippen LogP contribution is -2.40. The Balaban J connectivity index is 2.35. The average Bonchev–Trinajstić information content (AvgIpc) is 2.28. The van der Waals surface area contributed by atoms with Crippen LogP contribution in [0.2, 0.25) is 0 Å². The number of rotatable bonds is 6. The van der Waals surface area contributed by atoms with E-state index in [1.807, 2.05) is 0 Å². The van der Waals surface area contributed by atoms with Crippen molar-refractivity contribution in [2.24, 2.45) is 11.7 Å². The van der Waals surface area contributed by atoms with Crippen molar-refractivity contribution in [2.45, 2.75) is 38.6 Å². The Labute approximate surface area is 111 Å². The number of likely N-dealkylation sites (tertiary alicyclic amines) is 1. The third-order valence-electron chi connectivity index (χ3n) is 3.92. The molecule has 1 saturated heterocycles. The lowest BCUT2D eigenvalue weighted by atomic mass is 9.95. The molecule has 1 unspecified atom stereocenters. The van der Waals surface area contributed by atoms with Crippen LogP contribution in [0.4, 0.5) is 0 Å². The minimum Gasteiger partial charge on any atom is -0.393 e. The first kappa shape index (κ1) is 14.9. The van der Waals surface area contributed by atoms with Gasteiger partial charge < -0.3 is 15.5 Å². The minimum atomic E-state index is 0.521. The van der Waals surface area contributed by atoms with Crippen molar-refractivity contribution >= 4 is 17.2 Å². The van der Waals surface area contributed by atoms with E-state index in [1.54, 1.807) is 0 Å². The van der Waals surface area contributed by atoms with Crippen LogP contribution in [0.1, 0.15) is 32.6 Å². The lowest BCUT2D eigenvalue weighted by molar-refractivity contribution is 0.149. The van der Waals surface area contributed by atoms with E-state index in [-0.39, 0.29) is 0 Å². The predicted octanol–water partition coefficient (Wildman–Crippen LogP) is 1.71. The Morgan fingerprint density at radius 1 is 1.47 bits per heavy atom. The Hall–Kier alpha value is -0.190. The molecule has 4 heteroatoms. The maximum absolute atomic E-state index is 5.66. The molecule has 1 heterocycles. The van der Waals surface area contributed by atoms with E-state index in [0.717, 1.165) is 18.8 Å². The number of hydrogen-bond donors (Lipinski definition) is 1. The molecule has 2 N–H and O–H groups in total. The molecule has 100 valence electrons. The summed E-state index contributed by atoms with van der Waals surface area (Å²) in [5.41, 5.74) is 5.66. The molecular formula is C13H27N3S.